The third kappa shape index (κ3) is 4.75. The molecular weight excluding hydrogens is 281 g/mol. The molecule has 0 amide bonds. The molecule has 0 saturated carbocycles. The third-order valence-corrected chi connectivity index (χ3v) is 3.03. The molecule has 7 heteroatoms. The van der Waals surface area contributed by atoms with Crippen LogP contribution >= 0.6 is 0 Å². The number of alkyl halides is 3. The van der Waals surface area contributed by atoms with Crippen molar-refractivity contribution in [3.63, 3.8) is 0 Å². The predicted octanol–water partition coefficient (Wildman–Crippen LogP) is 3.81. The van der Waals surface area contributed by atoms with Gasteiger partial charge >= 0.3 is 6.18 Å². The van der Waals surface area contributed by atoms with E-state index in [9.17, 15) is 13.2 Å². The Labute approximate surface area is 123 Å². The van der Waals surface area contributed by atoms with E-state index in [0.29, 0.717) is 18.2 Å². The summed E-state index contributed by atoms with van der Waals surface area (Å²) in [6, 6.07) is -0.312. The minimum absolute atomic E-state index is 0.0183. The van der Waals surface area contributed by atoms with E-state index in [0.717, 1.165) is 5.56 Å². The van der Waals surface area contributed by atoms with Gasteiger partial charge in [-0.25, -0.2) is 9.97 Å². The third-order valence-electron chi connectivity index (χ3n) is 3.03. The number of aromatic nitrogens is 2. The van der Waals surface area contributed by atoms with Gasteiger partial charge in [0.25, 0.3) is 0 Å². The summed E-state index contributed by atoms with van der Waals surface area (Å²) in [7, 11) is 0. The van der Waals surface area contributed by atoms with Gasteiger partial charge in [0.05, 0.1) is 0 Å². The van der Waals surface area contributed by atoms with E-state index in [-0.39, 0.29) is 12.0 Å². The second-order valence-electron chi connectivity index (χ2n) is 5.48. The topological polar surface area (TPSA) is 41.1 Å². The van der Waals surface area contributed by atoms with Crippen LogP contribution in [0, 0.1) is 0 Å². The summed E-state index contributed by atoms with van der Waals surface area (Å²) in [6.07, 6.45) is -2.97. The normalized spacial score (nSPS) is 12.1. The maximum absolute atomic E-state index is 12.8. The molecule has 1 N–H and O–H groups in total. The first kappa shape index (κ1) is 17.5. The van der Waals surface area contributed by atoms with Gasteiger partial charge in [-0.05, 0) is 26.7 Å². The summed E-state index contributed by atoms with van der Waals surface area (Å²) in [5.74, 6) is 0.971. The Bertz CT molecular complexity index is 458. The van der Waals surface area contributed by atoms with E-state index in [2.05, 4.69) is 15.3 Å². The van der Waals surface area contributed by atoms with Crippen molar-refractivity contribution < 1.29 is 13.2 Å². The van der Waals surface area contributed by atoms with E-state index in [1.165, 1.54) is 11.2 Å². The van der Waals surface area contributed by atoms with Crippen LogP contribution < -0.4 is 10.2 Å². The molecular formula is C14H23F3N4. The van der Waals surface area contributed by atoms with Crippen LogP contribution in [0.1, 0.15) is 46.1 Å². The van der Waals surface area contributed by atoms with Gasteiger partial charge in [-0.2, -0.15) is 13.2 Å². The molecule has 0 saturated heterocycles. The fourth-order valence-electron chi connectivity index (χ4n) is 2.15. The quantitative estimate of drug-likeness (QED) is 0.867. The number of rotatable bonds is 6. The average molecular weight is 304 g/mol. The van der Waals surface area contributed by atoms with Gasteiger partial charge in [-0.15, -0.1) is 0 Å². The summed E-state index contributed by atoms with van der Waals surface area (Å²) in [4.78, 5) is 9.56. The lowest BCUT2D eigenvalue weighted by Crippen LogP contribution is -2.40. The van der Waals surface area contributed by atoms with Crippen molar-refractivity contribution in [2.75, 3.05) is 23.3 Å². The smallest absolute Gasteiger partial charge is 0.370 e. The Hall–Kier alpha value is -1.53. The van der Waals surface area contributed by atoms with Crippen LogP contribution in [0.4, 0.5) is 24.8 Å². The van der Waals surface area contributed by atoms with Gasteiger partial charge in [0.15, 0.2) is 0 Å². The van der Waals surface area contributed by atoms with Crippen molar-refractivity contribution in [2.45, 2.75) is 52.8 Å². The van der Waals surface area contributed by atoms with Crippen molar-refractivity contribution >= 4 is 11.6 Å². The number of nitrogens with one attached hydrogen (secondary N) is 1. The first-order valence-electron chi connectivity index (χ1n) is 7.09. The zero-order chi connectivity index (χ0) is 16.2. The van der Waals surface area contributed by atoms with Gasteiger partial charge in [0.1, 0.15) is 24.5 Å². The first-order valence-corrected chi connectivity index (χ1v) is 7.09. The Morgan fingerprint density at radius 1 is 1.19 bits per heavy atom. The van der Waals surface area contributed by atoms with Crippen LogP contribution in [0.25, 0.3) is 0 Å². The van der Waals surface area contributed by atoms with Gasteiger partial charge in [0.2, 0.25) is 0 Å². The van der Waals surface area contributed by atoms with E-state index in [4.69, 9.17) is 0 Å². The minimum Gasteiger partial charge on any atom is -0.370 e. The van der Waals surface area contributed by atoms with Gasteiger partial charge in [-0.1, -0.05) is 13.8 Å². The molecule has 0 atom stereocenters. The SMILES string of the molecule is CCNc1ncnc(N(CC(F)(F)F)C(C)C)c1C(C)C. The van der Waals surface area contributed by atoms with Crippen molar-refractivity contribution in [3.05, 3.63) is 11.9 Å². The zero-order valence-corrected chi connectivity index (χ0v) is 13.1. The highest BCUT2D eigenvalue weighted by Crippen LogP contribution is 2.33. The van der Waals surface area contributed by atoms with Crippen LogP contribution in [0.15, 0.2) is 6.33 Å². The number of anilines is 2. The zero-order valence-electron chi connectivity index (χ0n) is 13.1. The van der Waals surface area contributed by atoms with Crippen molar-refractivity contribution in [3.8, 4) is 0 Å². The first-order chi connectivity index (χ1) is 9.67. The number of nitrogens with zero attached hydrogens (tertiary/aromatic N) is 3. The monoisotopic (exact) mass is 304 g/mol. The number of hydrogen-bond acceptors (Lipinski definition) is 4. The molecule has 21 heavy (non-hydrogen) atoms. The van der Waals surface area contributed by atoms with Crippen LogP contribution in [0.2, 0.25) is 0 Å². The Balaban J connectivity index is 3.33. The maximum atomic E-state index is 12.8. The molecule has 0 aliphatic heterocycles. The van der Waals surface area contributed by atoms with Crippen LogP contribution in [-0.4, -0.2) is 35.3 Å². The minimum atomic E-state index is -4.28. The molecule has 0 aliphatic rings. The second-order valence-corrected chi connectivity index (χ2v) is 5.48. The molecule has 1 heterocycles. The summed E-state index contributed by atoms with van der Waals surface area (Å²) < 4.78 is 38.5. The van der Waals surface area contributed by atoms with Crippen LogP contribution in [0.5, 0.6) is 0 Å². The molecule has 1 aromatic heterocycles. The Morgan fingerprint density at radius 3 is 2.24 bits per heavy atom. The molecule has 0 aromatic carbocycles. The fraction of sp³-hybridized carbons (Fsp3) is 0.714. The van der Waals surface area contributed by atoms with Crippen LogP contribution in [-0.2, 0) is 0 Å². The highest BCUT2D eigenvalue weighted by molar-refractivity contribution is 5.60. The summed E-state index contributed by atoms with van der Waals surface area (Å²) in [5, 5.41) is 3.10. The van der Waals surface area contributed by atoms with Crippen molar-refractivity contribution in [1.82, 2.24) is 9.97 Å². The highest BCUT2D eigenvalue weighted by atomic mass is 19.4. The molecule has 0 unspecified atom stereocenters. The summed E-state index contributed by atoms with van der Waals surface area (Å²) >= 11 is 0. The van der Waals surface area contributed by atoms with E-state index in [1.54, 1.807) is 13.8 Å². The lowest BCUT2D eigenvalue weighted by Gasteiger charge is -2.31. The van der Waals surface area contributed by atoms with Crippen molar-refractivity contribution in [1.29, 1.82) is 0 Å². The number of halogens is 3. The molecule has 0 spiro atoms. The van der Waals surface area contributed by atoms with E-state index >= 15 is 0 Å². The average Bonchev–Trinajstić information content (AvgIpc) is 2.34. The van der Waals surface area contributed by atoms with Gasteiger partial charge in [0, 0.05) is 18.2 Å². The van der Waals surface area contributed by atoms with Gasteiger partial charge < -0.3 is 10.2 Å². The fourth-order valence-corrected chi connectivity index (χ4v) is 2.15. The largest absolute Gasteiger partial charge is 0.405 e. The Kier molecular flexibility index (Phi) is 5.80. The molecule has 0 fully saturated rings. The number of hydrogen-bond donors (Lipinski definition) is 1. The maximum Gasteiger partial charge on any atom is 0.405 e. The molecule has 1 rings (SSSR count). The Morgan fingerprint density at radius 2 is 1.81 bits per heavy atom. The molecule has 0 bridgehead atoms. The van der Waals surface area contributed by atoms with E-state index < -0.39 is 12.7 Å². The standard InChI is InChI=1S/C14H23F3N4/c1-6-18-12-11(9(2)3)13(20-8-19-12)21(10(4)5)7-14(15,16)17/h8-10H,6-7H2,1-5H3,(H,18,19,20). The summed E-state index contributed by atoms with van der Waals surface area (Å²) in [5.41, 5.74) is 0.720. The molecule has 120 valence electrons. The second kappa shape index (κ2) is 6.95. The molecule has 0 aliphatic carbocycles. The summed E-state index contributed by atoms with van der Waals surface area (Å²) in [6.45, 7) is 8.85. The lowest BCUT2D eigenvalue weighted by atomic mass is 10.0. The van der Waals surface area contributed by atoms with Crippen LogP contribution in [0.3, 0.4) is 0 Å². The lowest BCUT2D eigenvalue weighted by molar-refractivity contribution is -0.120. The molecule has 4 nitrogen and oxygen atoms in total. The predicted molar refractivity (Wildman–Crippen MR) is 78.8 cm³/mol. The molecule has 0 radical (unpaired) electrons. The van der Waals surface area contributed by atoms with Crippen molar-refractivity contribution in [2.24, 2.45) is 0 Å². The van der Waals surface area contributed by atoms with E-state index in [1.807, 2.05) is 20.8 Å². The van der Waals surface area contributed by atoms with Gasteiger partial charge in [-0.3, -0.25) is 0 Å². The molecule has 1 aromatic rings. The highest BCUT2D eigenvalue weighted by Gasteiger charge is 2.34.